The Morgan fingerprint density at radius 1 is 1.40 bits per heavy atom. The van der Waals surface area contributed by atoms with Crippen LogP contribution in [-0.2, 0) is 6.42 Å². The average molecular weight is 267 g/mol. The number of hydrazine groups is 1. The first-order valence-electron chi connectivity index (χ1n) is 4.67. The number of nitrogens with two attached hydrogens (primary N) is 1. The van der Waals surface area contributed by atoms with Crippen LogP contribution in [0, 0.1) is 0 Å². The Hall–Kier alpha value is -1.20. The minimum absolute atomic E-state index is 0.671. The van der Waals surface area contributed by atoms with E-state index in [1.54, 1.807) is 0 Å². The fourth-order valence-electron chi connectivity index (χ4n) is 1.42. The number of rotatable bonds is 2. The summed E-state index contributed by atoms with van der Waals surface area (Å²) in [6, 6.07) is 5.84. The van der Waals surface area contributed by atoms with E-state index in [1.165, 1.54) is 0 Å². The van der Waals surface area contributed by atoms with E-state index in [9.17, 15) is 0 Å². The van der Waals surface area contributed by atoms with Gasteiger partial charge in [-0.2, -0.15) is 0 Å². The van der Waals surface area contributed by atoms with Crippen molar-refractivity contribution in [2.75, 3.05) is 5.43 Å². The van der Waals surface area contributed by atoms with Gasteiger partial charge in [0.05, 0.1) is 5.52 Å². The van der Waals surface area contributed by atoms with Crippen molar-refractivity contribution in [2.24, 2.45) is 5.84 Å². The molecule has 1 aromatic heterocycles. The molecule has 0 saturated heterocycles. The highest BCUT2D eigenvalue weighted by molar-refractivity contribution is 9.10. The molecule has 78 valence electrons. The Bertz CT molecular complexity index is 498. The molecule has 0 saturated carbocycles. The number of nitrogens with one attached hydrogen (secondary N) is 1. The molecule has 4 nitrogen and oxygen atoms in total. The third-order valence-electron chi connectivity index (χ3n) is 2.16. The standard InChI is InChI=1S/C10H11BrN4/c1-2-9-13-8-5-6(11)3-4-7(8)10(14-9)15-12/h3-5H,2,12H2,1H3,(H,13,14,15). The lowest BCUT2D eigenvalue weighted by Crippen LogP contribution is -2.11. The maximum absolute atomic E-state index is 5.43. The molecule has 0 radical (unpaired) electrons. The second-order valence-electron chi connectivity index (χ2n) is 3.15. The molecule has 0 atom stereocenters. The van der Waals surface area contributed by atoms with E-state index < -0.39 is 0 Å². The van der Waals surface area contributed by atoms with Gasteiger partial charge in [-0.3, -0.25) is 0 Å². The van der Waals surface area contributed by atoms with E-state index in [0.29, 0.717) is 5.82 Å². The highest BCUT2D eigenvalue weighted by Gasteiger charge is 2.05. The van der Waals surface area contributed by atoms with Gasteiger partial charge in [0.1, 0.15) is 5.82 Å². The van der Waals surface area contributed by atoms with Crippen molar-refractivity contribution in [2.45, 2.75) is 13.3 Å². The molecule has 0 aliphatic heterocycles. The summed E-state index contributed by atoms with van der Waals surface area (Å²) >= 11 is 3.41. The summed E-state index contributed by atoms with van der Waals surface area (Å²) in [7, 11) is 0. The van der Waals surface area contributed by atoms with Crippen LogP contribution in [0.5, 0.6) is 0 Å². The quantitative estimate of drug-likeness (QED) is 0.647. The summed E-state index contributed by atoms with van der Waals surface area (Å²) in [5.74, 6) is 6.88. The van der Waals surface area contributed by atoms with Gasteiger partial charge in [0, 0.05) is 16.3 Å². The number of aromatic nitrogens is 2. The maximum Gasteiger partial charge on any atom is 0.151 e. The molecular weight excluding hydrogens is 256 g/mol. The van der Waals surface area contributed by atoms with Gasteiger partial charge in [0.2, 0.25) is 0 Å². The van der Waals surface area contributed by atoms with Gasteiger partial charge in [-0.15, -0.1) is 0 Å². The average Bonchev–Trinajstić information content (AvgIpc) is 2.26. The van der Waals surface area contributed by atoms with Gasteiger partial charge in [0.15, 0.2) is 5.82 Å². The lowest BCUT2D eigenvalue weighted by Gasteiger charge is -2.06. The van der Waals surface area contributed by atoms with E-state index >= 15 is 0 Å². The minimum Gasteiger partial charge on any atom is -0.308 e. The predicted molar refractivity (Wildman–Crippen MR) is 64.4 cm³/mol. The Kier molecular flexibility index (Phi) is 2.83. The fraction of sp³-hybridized carbons (Fsp3) is 0.200. The molecule has 0 fully saturated rings. The van der Waals surface area contributed by atoms with Crippen LogP contribution < -0.4 is 11.3 Å². The lowest BCUT2D eigenvalue weighted by atomic mass is 10.2. The van der Waals surface area contributed by atoms with Crippen LogP contribution in [0.2, 0.25) is 0 Å². The van der Waals surface area contributed by atoms with E-state index in [0.717, 1.165) is 27.6 Å². The first kappa shape index (κ1) is 10.3. The van der Waals surface area contributed by atoms with Gasteiger partial charge in [-0.05, 0) is 18.2 Å². The number of halogens is 1. The zero-order valence-electron chi connectivity index (χ0n) is 8.29. The summed E-state index contributed by atoms with van der Waals surface area (Å²) < 4.78 is 0.999. The number of fused-ring (bicyclic) bond motifs is 1. The Morgan fingerprint density at radius 2 is 2.20 bits per heavy atom. The highest BCUT2D eigenvalue weighted by atomic mass is 79.9. The molecule has 2 rings (SSSR count). The smallest absolute Gasteiger partial charge is 0.151 e. The number of nitrogens with zero attached hydrogens (tertiary/aromatic N) is 2. The van der Waals surface area contributed by atoms with Gasteiger partial charge in [-0.1, -0.05) is 22.9 Å². The van der Waals surface area contributed by atoms with E-state index in [2.05, 4.69) is 31.3 Å². The van der Waals surface area contributed by atoms with Gasteiger partial charge in [0.25, 0.3) is 0 Å². The summed E-state index contributed by atoms with van der Waals surface area (Å²) in [6.07, 6.45) is 0.789. The first-order valence-corrected chi connectivity index (χ1v) is 5.46. The monoisotopic (exact) mass is 266 g/mol. The number of nitrogen functional groups attached to an aromatic ring is 1. The SMILES string of the molecule is CCc1nc(NN)c2ccc(Br)cc2n1. The third kappa shape index (κ3) is 1.93. The molecule has 1 heterocycles. The highest BCUT2D eigenvalue weighted by Crippen LogP contribution is 2.23. The lowest BCUT2D eigenvalue weighted by molar-refractivity contribution is 0.959. The molecular formula is C10H11BrN4. The minimum atomic E-state index is 0.671. The topological polar surface area (TPSA) is 63.8 Å². The third-order valence-corrected chi connectivity index (χ3v) is 2.65. The first-order chi connectivity index (χ1) is 7.24. The van der Waals surface area contributed by atoms with Crippen LogP contribution in [0.1, 0.15) is 12.7 Å². The van der Waals surface area contributed by atoms with Crippen LogP contribution in [0.15, 0.2) is 22.7 Å². The number of hydrogen-bond acceptors (Lipinski definition) is 4. The maximum atomic E-state index is 5.43. The molecule has 0 bridgehead atoms. The van der Waals surface area contributed by atoms with Crippen LogP contribution in [0.3, 0.4) is 0 Å². The second-order valence-corrected chi connectivity index (χ2v) is 4.06. The van der Waals surface area contributed by atoms with Crippen molar-refractivity contribution in [3.8, 4) is 0 Å². The molecule has 0 unspecified atom stereocenters. The fourth-order valence-corrected chi connectivity index (χ4v) is 1.77. The number of hydrogen-bond donors (Lipinski definition) is 2. The molecule has 15 heavy (non-hydrogen) atoms. The van der Waals surface area contributed by atoms with Gasteiger partial charge < -0.3 is 5.43 Å². The zero-order valence-corrected chi connectivity index (χ0v) is 9.87. The Balaban J connectivity index is 2.74. The summed E-state index contributed by atoms with van der Waals surface area (Å²) in [5.41, 5.74) is 3.49. The Morgan fingerprint density at radius 3 is 2.87 bits per heavy atom. The number of anilines is 1. The molecule has 1 aromatic carbocycles. The molecule has 0 aliphatic carbocycles. The molecule has 0 amide bonds. The van der Waals surface area contributed by atoms with Gasteiger partial charge in [-0.25, -0.2) is 15.8 Å². The van der Waals surface area contributed by atoms with E-state index in [1.807, 2.05) is 25.1 Å². The zero-order chi connectivity index (χ0) is 10.8. The summed E-state index contributed by atoms with van der Waals surface area (Å²) in [5, 5.41) is 0.929. The molecule has 0 aliphatic rings. The largest absolute Gasteiger partial charge is 0.308 e. The number of aryl methyl sites for hydroxylation is 1. The van der Waals surface area contributed by atoms with Crippen LogP contribution in [0.4, 0.5) is 5.82 Å². The second kappa shape index (κ2) is 4.12. The van der Waals surface area contributed by atoms with Gasteiger partial charge >= 0.3 is 0 Å². The van der Waals surface area contributed by atoms with Crippen molar-refractivity contribution < 1.29 is 0 Å². The van der Waals surface area contributed by atoms with E-state index in [4.69, 9.17) is 5.84 Å². The van der Waals surface area contributed by atoms with Crippen molar-refractivity contribution in [3.63, 3.8) is 0 Å². The van der Waals surface area contributed by atoms with Crippen molar-refractivity contribution >= 4 is 32.7 Å². The van der Waals surface area contributed by atoms with Crippen molar-refractivity contribution in [3.05, 3.63) is 28.5 Å². The normalized spacial score (nSPS) is 10.6. The predicted octanol–water partition coefficient (Wildman–Crippen LogP) is 2.24. The number of benzene rings is 1. The Labute approximate surface area is 96.0 Å². The van der Waals surface area contributed by atoms with Crippen molar-refractivity contribution in [1.82, 2.24) is 9.97 Å². The van der Waals surface area contributed by atoms with Crippen LogP contribution in [-0.4, -0.2) is 9.97 Å². The van der Waals surface area contributed by atoms with Crippen LogP contribution >= 0.6 is 15.9 Å². The molecule has 5 heteroatoms. The molecule has 0 spiro atoms. The summed E-state index contributed by atoms with van der Waals surface area (Å²) in [6.45, 7) is 2.01. The van der Waals surface area contributed by atoms with Crippen LogP contribution in [0.25, 0.3) is 10.9 Å². The molecule has 3 N–H and O–H groups in total. The summed E-state index contributed by atoms with van der Waals surface area (Å²) in [4.78, 5) is 8.73. The molecule has 2 aromatic rings. The van der Waals surface area contributed by atoms with E-state index in [-0.39, 0.29) is 0 Å². The van der Waals surface area contributed by atoms with Crippen molar-refractivity contribution in [1.29, 1.82) is 0 Å².